The number of benzene rings is 2. The molecule has 0 unspecified atom stereocenters. The van der Waals surface area contributed by atoms with Gasteiger partial charge in [-0.25, -0.2) is 0 Å². The van der Waals surface area contributed by atoms with Crippen LogP contribution in [0.4, 0.5) is 5.69 Å². The summed E-state index contributed by atoms with van der Waals surface area (Å²) in [4.78, 5) is 12.4. The lowest BCUT2D eigenvalue weighted by molar-refractivity contribution is -0.113. The monoisotopic (exact) mass is 484 g/mol. The number of amides is 1. The van der Waals surface area contributed by atoms with Gasteiger partial charge in [-0.2, -0.15) is 0 Å². The van der Waals surface area contributed by atoms with Crippen LogP contribution in [0.5, 0.6) is 0 Å². The van der Waals surface area contributed by atoms with Crippen LogP contribution in [0.15, 0.2) is 70.8 Å². The van der Waals surface area contributed by atoms with Crippen LogP contribution in [0, 0.1) is 0 Å². The summed E-state index contributed by atoms with van der Waals surface area (Å²) in [5.74, 6) is 0.903. The van der Waals surface area contributed by atoms with Crippen LogP contribution in [-0.4, -0.2) is 26.4 Å². The second-order valence-electron chi connectivity index (χ2n) is 7.85. The Morgan fingerprint density at radius 3 is 2.50 bits per heavy atom. The molecule has 0 fully saturated rings. The van der Waals surface area contributed by atoms with Crippen LogP contribution in [-0.2, 0) is 16.8 Å². The van der Waals surface area contributed by atoms with E-state index < -0.39 is 0 Å². The van der Waals surface area contributed by atoms with Crippen LogP contribution in [0.25, 0.3) is 11.4 Å². The molecule has 156 valence electrons. The first-order valence-corrected chi connectivity index (χ1v) is 11.4. The molecule has 0 atom stereocenters. The fraction of sp³-hybridized carbons (Fsp3) is 0.261. The summed E-state index contributed by atoms with van der Waals surface area (Å²) in [6.07, 6.45) is 1.81. The second-order valence-corrected chi connectivity index (χ2v) is 9.65. The molecule has 2 aromatic carbocycles. The van der Waals surface area contributed by atoms with E-state index in [1.807, 2.05) is 34.9 Å². The molecular formula is C23H25BrN4OS. The van der Waals surface area contributed by atoms with Crippen LogP contribution < -0.4 is 5.32 Å². The predicted molar refractivity (Wildman–Crippen MR) is 128 cm³/mol. The zero-order chi connectivity index (χ0) is 21.7. The molecule has 0 bridgehead atoms. The fourth-order valence-corrected chi connectivity index (χ4v) is 4.03. The maximum atomic E-state index is 12.4. The van der Waals surface area contributed by atoms with E-state index in [2.05, 4.69) is 83.1 Å². The van der Waals surface area contributed by atoms with E-state index in [1.54, 1.807) is 0 Å². The summed E-state index contributed by atoms with van der Waals surface area (Å²) in [6, 6.07) is 15.9. The molecule has 5 nitrogen and oxygen atoms in total. The third-order valence-corrected chi connectivity index (χ3v) is 6.18. The van der Waals surface area contributed by atoms with Crippen molar-refractivity contribution in [3.05, 3.63) is 71.2 Å². The Hall–Kier alpha value is -2.38. The minimum absolute atomic E-state index is 0.0927. The number of thioether (sulfide) groups is 1. The number of carbonyl (C=O) groups excluding carboxylic acids is 1. The van der Waals surface area contributed by atoms with Crippen molar-refractivity contribution in [3.8, 4) is 11.4 Å². The van der Waals surface area contributed by atoms with Gasteiger partial charge in [0.2, 0.25) is 5.91 Å². The molecule has 0 saturated carbocycles. The second kappa shape index (κ2) is 9.62. The Bertz CT molecular complexity index is 1040. The molecular weight excluding hydrogens is 460 g/mol. The van der Waals surface area contributed by atoms with Crippen molar-refractivity contribution in [2.75, 3.05) is 11.1 Å². The molecule has 0 spiro atoms. The molecule has 3 aromatic rings. The smallest absolute Gasteiger partial charge is 0.234 e. The number of hydrogen-bond acceptors (Lipinski definition) is 4. The summed E-state index contributed by atoms with van der Waals surface area (Å²) in [5.41, 5.74) is 3.09. The van der Waals surface area contributed by atoms with Crippen LogP contribution in [0.3, 0.4) is 0 Å². The van der Waals surface area contributed by atoms with E-state index in [0.29, 0.717) is 11.7 Å². The third kappa shape index (κ3) is 5.40. The molecule has 1 aromatic heterocycles. The van der Waals surface area contributed by atoms with Crippen molar-refractivity contribution in [1.29, 1.82) is 0 Å². The van der Waals surface area contributed by atoms with Gasteiger partial charge in [-0.15, -0.1) is 16.8 Å². The Balaban J connectivity index is 1.75. The van der Waals surface area contributed by atoms with Gasteiger partial charge in [0.05, 0.1) is 11.4 Å². The number of nitrogens with zero attached hydrogens (tertiary/aromatic N) is 3. The molecule has 0 aliphatic carbocycles. The number of rotatable bonds is 7. The van der Waals surface area contributed by atoms with Crippen molar-refractivity contribution >= 4 is 39.3 Å². The van der Waals surface area contributed by atoms with Crippen molar-refractivity contribution in [1.82, 2.24) is 14.8 Å². The summed E-state index contributed by atoms with van der Waals surface area (Å²) in [6.45, 7) is 11.0. The lowest BCUT2D eigenvalue weighted by atomic mass is 9.87. The molecule has 1 N–H and O–H groups in total. The van der Waals surface area contributed by atoms with Crippen molar-refractivity contribution < 1.29 is 4.79 Å². The Kier molecular flexibility index (Phi) is 7.15. The number of carbonyl (C=O) groups is 1. The maximum absolute atomic E-state index is 12.4. The molecule has 1 heterocycles. The number of halogens is 1. The molecule has 0 aliphatic rings. The predicted octanol–water partition coefficient (Wildman–Crippen LogP) is 5.92. The van der Waals surface area contributed by atoms with E-state index in [1.165, 1.54) is 17.3 Å². The molecule has 1 amide bonds. The van der Waals surface area contributed by atoms with Crippen molar-refractivity contribution in [2.24, 2.45) is 0 Å². The minimum atomic E-state index is -0.101. The number of para-hydroxylation sites is 1. The summed E-state index contributed by atoms with van der Waals surface area (Å²) < 4.78 is 2.83. The van der Waals surface area contributed by atoms with E-state index in [9.17, 15) is 4.79 Å². The van der Waals surface area contributed by atoms with Crippen molar-refractivity contribution in [2.45, 2.75) is 37.9 Å². The molecule has 30 heavy (non-hydrogen) atoms. The van der Waals surface area contributed by atoms with Crippen molar-refractivity contribution in [3.63, 3.8) is 0 Å². The average molecular weight is 485 g/mol. The van der Waals surface area contributed by atoms with E-state index in [-0.39, 0.29) is 17.1 Å². The van der Waals surface area contributed by atoms with Gasteiger partial charge in [0.1, 0.15) is 0 Å². The molecule has 3 rings (SSSR count). The Morgan fingerprint density at radius 2 is 1.87 bits per heavy atom. The highest BCUT2D eigenvalue weighted by Crippen LogP contribution is 2.28. The first kappa shape index (κ1) is 22.3. The molecule has 0 radical (unpaired) electrons. The number of aromatic nitrogens is 3. The van der Waals surface area contributed by atoms with Gasteiger partial charge in [0, 0.05) is 16.6 Å². The number of nitrogens with one attached hydrogen (secondary N) is 1. The van der Waals surface area contributed by atoms with Gasteiger partial charge in [0.25, 0.3) is 0 Å². The summed E-state index contributed by atoms with van der Waals surface area (Å²) in [5, 5.41) is 12.3. The van der Waals surface area contributed by atoms with Gasteiger partial charge < -0.3 is 5.32 Å². The number of anilines is 1. The summed E-state index contributed by atoms with van der Waals surface area (Å²) >= 11 is 4.80. The summed E-state index contributed by atoms with van der Waals surface area (Å²) in [7, 11) is 0. The van der Waals surface area contributed by atoms with E-state index >= 15 is 0 Å². The quantitative estimate of drug-likeness (QED) is 0.333. The minimum Gasteiger partial charge on any atom is -0.324 e. The standard InChI is InChI=1S/C23H25BrN4OS/c1-5-14-28-21(16-10-12-17(13-11-16)23(2,3)4)26-27-22(28)30-15-20(29)25-19-9-7-6-8-18(19)24/h5-13H,1,14-15H2,2-4H3,(H,25,29). The number of hydrogen-bond donors (Lipinski definition) is 1. The zero-order valence-corrected chi connectivity index (χ0v) is 19.8. The SMILES string of the molecule is C=CCn1c(SCC(=O)Nc2ccccc2Br)nnc1-c1ccc(C(C)(C)C)cc1. The zero-order valence-electron chi connectivity index (χ0n) is 17.4. The molecule has 0 aliphatic heterocycles. The van der Waals surface area contributed by atoms with Gasteiger partial charge in [-0.1, -0.05) is 75.0 Å². The van der Waals surface area contributed by atoms with Gasteiger partial charge in [-0.3, -0.25) is 9.36 Å². The highest BCUT2D eigenvalue weighted by molar-refractivity contribution is 9.10. The van der Waals surface area contributed by atoms with Gasteiger partial charge in [-0.05, 0) is 39.0 Å². The highest BCUT2D eigenvalue weighted by Gasteiger charge is 2.17. The first-order chi connectivity index (χ1) is 14.3. The van der Waals surface area contributed by atoms with E-state index in [4.69, 9.17) is 0 Å². The topological polar surface area (TPSA) is 59.8 Å². The fourth-order valence-electron chi connectivity index (χ4n) is 2.90. The molecule has 0 saturated heterocycles. The third-order valence-electron chi connectivity index (χ3n) is 4.52. The highest BCUT2D eigenvalue weighted by atomic mass is 79.9. The lowest BCUT2D eigenvalue weighted by Crippen LogP contribution is -2.15. The lowest BCUT2D eigenvalue weighted by Gasteiger charge is -2.19. The van der Waals surface area contributed by atoms with Crippen LogP contribution >= 0.6 is 27.7 Å². The first-order valence-electron chi connectivity index (χ1n) is 9.62. The van der Waals surface area contributed by atoms with E-state index in [0.717, 1.165) is 21.5 Å². The van der Waals surface area contributed by atoms with Gasteiger partial charge >= 0.3 is 0 Å². The maximum Gasteiger partial charge on any atom is 0.234 e. The molecule has 7 heteroatoms. The normalized spacial score (nSPS) is 11.3. The van der Waals surface area contributed by atoms with Crippen LogP contribution in [0.1, 0.15) is 26.3 Å². The Labute approximate surface area is 190 Å². The Morgan fingerprint density at radius 1 is 1.17 bits per heavy atom. The van der Waals surface area contributed by atoms with Gasteiger partial charge in [0.15, 0.2) is 11.0 Å². The average Bonchev–Trinajstić information content (AvgIpc) is 3.10. The van der Waals surface area contributed by atoms with Crippen LogP contribution in [0.2, 0.25) is 0 Å². The number of allylic oxidation sites excluding steroid dienone is 1. The largest absolute Gasteiger partial charge is 0.324 e.